The third-order valence-corrected chi connectivity index (χ3v) is 7.67. The molecule has 3 aromatic rings. The summed E-state index contributed by atoms with van der Waals surface area (Å²) >= 11 is 3.17. The lowest BCUT2D eigenvalue weighted by atomic mass is 9.95. The van der Waals surface area contributed by atoms with Gasteiger partial charge in [0.2, 0.25) is 0 Å². The summed E-state index contributed by atoms with van der Waals surface area (Å²) in [7, 11) is 0. The Morgan fingerprint density at radius 1 is 1.06 bits per heavy atom. The summed E-state index contributed by atoms with van der Waals surface area (Å²) in [5.74, 6) is -0.413. The Labute approximate surface area is 188 Å². The summed E-state index contributed by atoms with van der Waals surface area (Å²) in [5.41, 5.74) is 8.51. The van der Waals surface area contributed by atoms with Crippen molar-refractivity contribution in [3.8, 4) is 11.1 Å². The number of thiophene rings is 1. The first-order chi connectivity index (χ1) is 14.6. The minimum absolute atomic E-state index is 0.207. The van der Waals surface area contributed by atoms with E-state index in [1.807, 2.05) is 19.9 Å². The molecule has 1 amide bonds. The molecule has 1 aromatic heterocycles. The predicted molar refractivity (Wildman–Crippen MR) is 123 cm³/mol. The average Bonchev–Trinajstić information content (AvgIpc) is 3.17. The highest BCUT2D eigenvalue weighted by atomic mass is 32.2. The normalized spacial score (nSPS) is 12.7. The Morgan fingerprint density at radius 3 is 2.16 bits per heavy atom. The van der Waals surface area contributed by atoms with Crippen LogP contribution in [0.5, 0.6) is 0 Å². The van der Waals surface area contributed by atoms with E-state index in [1.54, 1.807) is 17.8 Å². The first-order valence-corrected chi connectivity index (χ1v) is 11.6. The Morgan fingerprint density at radius 2 is 1.68 bits per heavy atom. The van der Waals surface area contributed by atoms with Crippen molar-refractivity contribution in [3.63, 3.8) is 0 Å². The minimum atomic E-state index is -4.34. The van der Waals surface area contributed by atoms with Gasteiger partial charge in [-0.15, -0.1) is 23.1 Å². The van der Waals surface area contributed by atoms with Gasteiger partial charge in [0.25, 0.3) is 5.91 Å². The number of primary amides is 1. The molecule has 0 fully saturated rings. The Kier molecular flexibility index (Phi) is 7.17. The monoisotopic (exact) mass is 463 g/mol. The molecule has 1 unspecified atom stereocenters. The minimum Gasteiger partial charge on any atom is -0.365 e. The zero-order valence-electron chi connectivity index (χ0n) is 17.5. The Hall–Kier alpha value is -2.25. The smallest absolute Gasteiger partial charge is 0.365 e. The highest BCUT2D eigenvalue weighted by Gasteiger charge is 2.30. The van der Waals surface area contributed by atoms with Gasteiger partial charge in [-0.2, -0.15) is 13.2 Å². The lowest BCUT2D eigenvalue weighted by Gasteiger charge is -2.18. The van der Waals surface area contributed by atoms with Gasteiger partial charge in [-0.25, -0.2) is 0 Å². The number of hydrogen-bond acceptors (Lipinski definition) is 3. The van der Waals surface area contributed by atoms with Crippen LogP contribution in [-0.4, -0.2) is 5.91 Å². The number of rotatable bonds is 7. The highest BCUT2D eigenvalue weighted by molar-refractivity contribution is 7.99. The standard InChI is InChI=1S/C24H24F3NOS2/c1-4-5-19(20-10-11-21(31-20)23(28)29)30-18-12-14(2)22(15(3)13-18)16-6-8-17(9-7-16)24(25,26)27/h6-13,19H,4-5H2,1-3H3,(H2,28,29). The molecule has 0 aliphatic rings. The molecular weight excluding hydrogens is 439 g/mol. The van der Waals surface area contributed by atoms with Crippen LogP contribution >= 0.6 is 23.1 Å². The molecule has 2 N–H and O–H groups in total. The van der Waals surface area contributed by atoms with Gasteiger partial charge in [-0.05, 0) is 78.9 Å². The molecule has 0 radical (unpaired) electrons. The fourth-order valence-corrected chi connectivity index (χ4v) is 6.15. The molecule has 0 spiro atoms. The van der Waals surface area contributed by atoms with Crippen molar-refractivity contribution in [2.75, 3.05) is 0 Å². The number of alkyl halides is 3. The van der Waals surface area contributed by atoms with E-state index < -0.39 is 17.6 Å². The second kappa shape index (κ2) is 9.49. The lowest BCUT2D eigenvalue weighted by molar-refractivity contribution is -0.137. The summed E-state index contributed by atoms with van der Waals surface area (Å²) in [5, 5.41) is 0.207. The van der Waals surface area contributed by atoms with E-state index in [-0.39, 0.29) is 5.25 Å². The van der Waals surface area contributed by atoms with Gasteiger partial charge < -0.3 is 5.73 Å². The molecule has 0 saturated heterocycles. The van der Waals surface area contributed by atoms with Crippen LogP contribution in [0, 0.1) is 13.8 Å². The van der Waals surface area contributed by atoms with Gasteiger partial charge in [-0.1, -0.05) is 25.5 Å². The number of halogens is 3. The molecule has 0 aliphatic heterocycles. The highest BCUT2D eigenvalue weighted by Crippen LogP contribution is 2.43. The third-order valence-electron chi connectivity index (χ3n) is 5.02. The molecule has 164 valence electrons. The number of thioether (sulfide) groups is 1. The number of aryl methyl sites for hydroxylation is 2. The van der Waals surface area contributed by atoms with Crippen LogP contribution in [0.1, 0.15) is 56.3 Å². The Balaban J connectivity index is 1.88. The van der Waals surface area contributed by atoms with Gasteiger partial charge in [0.1, 0.15) is 0 Å². The van der Waals surface area contributed by atoms with Gasteiger partial charge in [0.15, 0.2) is 0 Å². The van der Waals surface area contributed by atoms with Gasteiger partial charge in [-0.3, -0.25) is 4.79 Å². The molecule has 0 bridgehead atoms. The van der Waals surface area contributed by atoms with Crippen LogP contribution in [0.3, 0.4) is 0 Å². The summed E-state index contributed by atoms with van der Waals surface area (Å²) in [6.45, 7) is 6.09. The van der Waals surface area contributed by atoms with E-state index in [0.717, 1.165) is 57.0 Å². The average molecular weight is 464 g/mol. The van der Waals surface area contributed by atoms with E-state index in [1.165, 1.54) is 23.5 Å². The maximum Gasteiger partial charge on any atom is 0.416 e. The fraction of sp³-hybridized carbons (Fsp3) is 0.292. The van der Waals surface area contributed by atoms with Crippen molar-refractivity contribution in [3.05, 3.63) is 75.0 Å². The van der Waals surface area contributed by atoms with Gasteiger partial charge >= 0.3 is 6.18 Å². The second-order valence-electron chi connectivity index (χ2n) is 7.47. The first-order valence-electron chi connectivity index (χ1n) is 9.95. The molecule has 1 atom stereocenters. The summed E-state index contributed by atoms with van der Waals surface area (Å²) in [6.07, 6.45) is -2.38. The van der Waals surface area contributed by atoms with Crippen LogP contribution < -0.4 is 5.73 Å². The van der Waals surface area contributed by atoms with Crippen LogP contribution in [0.15, 0.2) is 53.4 Å². The SMILES string of the molecule is CCCC(Sc1cc(C)c(-c2ccc(C(F)(F)F)cc2)c(C)c1)c1ccc(C(N)=O)s1. The van der Waals surface area contributed by atoms with Gasteiger partial charge in [0.05, 0.1) is 10.4 Å². The number of benzene rings is 2. The van der Waals surface area contributed by atoms with E-state index in [0.29, 0.717) is 4.88 Å². The molecule has 0 saturated carbocycles. The largest absolute Gasteiger partial charge is 0.416 e. The number of hydrogen-bond donors (Lipinski definition) is 1. The Bertz CT molecular complexity index is 1050. The summed E-state index contributed by atoms with van der Waals surface area (Å²) in [6, 6.07) is 13.2. The van der Waals surface area contributed by atoms with Crippen LogP contribution in [-0.2, 0) is 6.18 Å². The first kappa shape index (κ1) is 23.4. The lowest BCUT2D eigenvalue weighted by Crippen LogP contribution is -2.08. The van der Waals surface area contributed by atoms with Gasteiger partial charge in [0, 0.05) is 15.0 Å². The molecular formula is C24H24F3NOS2. The maximum absolute atomic E-state index is 12.9. The number of nitrogens with two attached hydrogens (primary N) is 1. The van der Waals surface area contributed by atoms with Crippen LogP contribution in [0.4, 0.5) is 13.2 Å². The zero-order valence-corrected chi connectivity index (χ0v) is 19.2. The van der Waals surface area contributed by atoms with E-state index in [2.05, 4.69) is 19.1 Å². The van der Waals surface area contributed by atoms with Crippen LogP contribution in [0.25, 0.3) is 11.1 Å². The fourth-order valence-electron chi connectivity index (χ4n) is 3.62. The topological polar surface area (TPSA) is 43.1 Å². The molecule has 7 heteroatoms. The third kappa shape index (κ3) is 5.52. The van der Waals surface area contributed by atoms with Crippen molar-refractivity contribution >= 4 is 29.0 Å². The molecule has 2 nitrogen and oxygen atoms in total. The van der Waals surface area contributed by atoms with Crippen LogP contribution in [0.2, 0.25) is 0 Å². The number of carbonyl (C=O) groups excluding carboxylic acids is 1. The molecule has 3 rings (SSSR count). The molecule has 2 aromatic carbocycles. The molecule has 31 heavy (non-hydrogen) atoms. The zero-order chi connectivity index (χ0) is 22.8. The predicted octanol–water partition coefficient (Wildman–Crippen LogP) is 7.78. The van der Waals surface area contributed by atoms with Crippen molar-refractivity contribution in [2.24, 2.45) is 5.73 Å². The number of amides is 1. The van der Waals surface area contributed by atoms with Crippen molar-refractivity contribution < 1.29 is 18.0 Å². The van der Waals surface area contributed by atoms with Crippen molar-refractivity contribution in [2.45, 2.75) is 49.9 Å². The maximum atomic E-state index is 12.9. The summed E-state index contributed by atoms with van der Waals surface area (Å²) in [4.78, 5) is 14.2. The van der Waals surface area contributed by atoms with E-state index in [4.69, 9.17) is 5.73 Å². The van der Waals surface area contributed by atoms with Crippen molar-refractivity contribution in [1.29, 1.82) is 0 Å². The molecule has 1 heterocycles. The molecule has 0 aliphatic carbocycles. The summed E-state index contributed by atoms with van der Waals surface area (Å²) < 4.78 is 38.6. The second-order valence-corrected chi connectivity index (χ2v) is 9.86. The quantitative estimate of drug-likeness (QED) is 0.364. The van der Waals surface area contributed by atoms with Crippen molar-refractivity contribution in [1.82, 2.24) is 0 Å². The number of carbonyl (C=O) groups is 1. The van der Waals surface area contributed by atoms with E-state index >= 15 is 0 Å². The van der Waals surface area contributed by atoms with E-state index in [9.17, 15) is 18.0 Å².